The Balaban J connectivity index is 1.11. The summed E-state index contributed by atoms with van der Waals surface area (Å²) in [5.74, 6) is 0. The fraction of sp³-hybridized carbons (Fsp3) is 0.414. The molecule has 2 aromatic heterocycles. The Morgan fingerprint density at radius 1 is 0.210 bits per heavy atom. The highest BCUT2D eigenvalue weighted by Crippen LogP contribution is 2.55. The lowest BCUT2D eigenvalue weighted by Crippen LogP contribution is -2.61. The van der Waals surface area contributed by atoms with E-state index in [1.165, 1.54) is 33.4 Å². The molecule has 4 nitrogen and oxygen atoms in total. The van der Waals surface area contributed by atoms with Crippen LogP contribution in [0.4, 0.5) is 34.1 Å². The average Bonchev–Trinajstić information content (AvgIpc) is 0.840. The Hall–Kier alpha value is -10.9. The Labute approximate surface area is 846 Å². The van der Waals surface area contributed by atoms with Crippen LogP contribution in [0.25, 0.3) is 99.5 Å². The predicted octanol–water partition coefficient (Wildman–Crippen LogP) is 36.1. The molecule has 0 bridgehead atoms. The van der Waals surface area contributed by atoms with Gasteiger partial charge in [-0.15, -0.1) is 0 Å². The monoisotopic (exact) mass is 1840 g/mol. The molecule has 138 heavy (non-hydrogen) atoms. The zero-order valence-corrected chi connectivity index (χ0v) is 89.7. The van der Waals surface area contributed by atoms with Crippen LogP contribution in [-0.4, -0.2) is 15.8 Å². The third-order valence-corrected chi connectivity index (χ3v) is 25.9. The molecule has 17 rings (SSSR count). The SMILES string of the molecule is [2H]C([2H])(c1cc2c3c(c1)N(c1cc(-c4cccc(CC(C)(C)C)c4)c(CC(C)(C)C)cc1-c1cccc(CC(C)(C)C)c1)c1cc(-n4c5ccc(C([2H])([2H])C(C)(C)C)cc5c5cc(C([2H])([2H])C(C)(C)C)ccc54)ccc1B3c1ccc(-n3c4ccc(C([2H])([2H])C(C)(C)C)cc4c4cc(C([2H])([2H])C(C)(C)C)ccc43)cc1N2c1cc(-c2cccc(CC(C)(C)C)c2)c(CC(C)(C)C)cc1-c1cccc(CC(C)(C)C)c1)C(C)(C)C. The second-order valence-corrected chi connectivity index (χ2v) is 53.3. The van der Waals surface area contributed by atoms with E-state index >= 15 is 0 Å². The summed E-state index contributed by atoms with van der Waals surface area (Å²) in [5.41, 5.74) is 26.5. The molecule has 0 unspecified atom stereocenters. The summed E-state index contributed by atoms with van der Waals surface area (Å²) in [4.78, 5) is 5.09. The number of aromatic nitrogens is 2. The van der Waals surface area contributed by atoms with Gasteiger partial charge in [0.1, 0.15) is 0 Å². The largest absolute Gasteiger partial charge is 0.311 e. The molecule has 0 N–H and O–H groups in total. The van der Waals surface area contributed by atoms with Crippen molar-refractivity contribution in [3.8, 4) is 55.9 Å². The third kappa shape index (κ3) is 22.3. The molecule has 15 aromatic rings. The normalized spacial score (nSPS) is 15.4. The van der Waals surface area contributed by atoms with E-state index in [0.717, 1.165) is 189 Å². The van der Waals surface area contributed by atoms with Crippen LogP contribution < -0.4 is 26.2 Å². The van der Waals surface area contributed by atoms with Crippen molar-refractivity contribution in [3.05, 3.63) is 304 Å². The van der Waals surface area contributed by atoms with Crippen molar-refractivity contribution < 1.29 is 13.7 Å². The van der Waals surface area contributed by atoms with E-state index in [4.69, 9.17) is 0 Å². The molecule has 0 atom stereocenters. The van der Waals surface area contributed by atoms with Gasteiger partial charge in [0, 0.05) is 80.5 Å². The van der Waals surface area contributed by atoms with Gasteiger partial charge in [-0.1, -0.05) is 362 Å². The molecule has 716 valence electrons. The number of benzene rings is 13. The molecule has 2 aliphatic heterocycles. The molecule has 0 radical (unpaired) electrons. The van der Waals surface area contributed by atoms with Crippen LogP contribution in [-0.2, 0) is 70.4 Å². The van der Waals surface area contributed by atoms with Crippen LogP contribution in [0.15, 0.2) is 243 Å². The van der Waals surface area contributed by atoms with E-state index < -0.39 is 65.7 Å². The van der Waals surface area contributed by atoms with Gasteiger partial charge in [0.25, 0.3) is 6.71 Å². The fourth-order valence-electron chi connectivity index (χ4n) is 21.8. The van der Waals surface area contributed by atoms with Crippen molar-refractivity contribution in [1.82, 2.24) is 9.13 Å². The zero-order valence-electron chi connectivity index (χ0n) is 99.7. The van der Waals surface area contributed by atoms with Crippen molar-refractivity contribution in [1.29, 1.82) is 0 Å². The molecule has 0 amide bonds. The maximum absolute atomic E-state index is 11.4. The van der Waals surface area contributed by atoms with Crippen molar-refractivity contribution in [2.75, 3.05) is 9.80 Å². The van der Waals surface area contributed by atoms with Crippen LogP contribution in [0, 0.1) is 59.6 Å². The standard InChI is InChI=1S/C133H161BN4/c1-123(2,3)74-85-38-34-42-94(58-85)102-72-116(104(68-98(102)83-132(28,29)30)96-44-36-40-87(60-96)76-125(7,8)9)137-118-70-100(135-112-54-46-89(78-127(13,14)15)62-106(112)107-63-90(47-55-113(107)135)79-128(16,17)18)50-52-110(118)134-111-53-51-101(136-114-56-48-91(80-129(19,20)21)64-108(114)109-65-92(49-57-115(109)136)81-130(22,23)24)71-119(111)138(121-67-93(82-131(25,26)27)66-120(137)122(121)134)117-73-103(95-43-35-39-86(59-95)75-124(4,5)6)99(84-133(31,32)33)69-105(117)97-45-37-41-88(61-97)77-126(10,11)12/h34-73H,74-84H2,1-33H3/i78D2,79D2,80D2,81D2,82D2. The first-order valence-corrected chi connectivity index (χ1v) is 51.0. The second-order valence-electron chi connectivity index (χ2n) is 53.3. The summed E-state index contributed by atoms with van der Waals surface area (Å²) in [6.45, 7) is 70.7. The summed E-state index contributed by atoms with van der Waals surface area (Å²) in [6.07, 6.45) is -4.43. The van der Waals surface area contributed by atoms with Crippen LogP contribution in [0.1, 0.15) is 303 Å². The first kappa shape index (κ1) is 86.2. The van der Waals surface area contributed by atoms with E-state index in [1.54, 1.807) is 0 Å². The topological polar surface area (TPSA) is 16.3 Å². The number of hydrogen-bond acceptors (Lipinski definition) is 2. The number of fused-ring (bicyclic) bond motifs is 10. The smallest absolute Gasteiger partial charge is 0.252 e. The molecule has 4 heterocycles. The molecule has 0 saturated heterocycles. The lowest BCUT2D eigenvalue weighted by atomic mass is 9.33. The highest BCUT2D eigenvalue weighted by Gasteiger charge is 2.46. The fourth-order valence-corrected chi connectivity index (χ4v) is 21.8. The molecule has 0 spiro atoms. The minimum absolute atomic E-state index is 0.0360. The number of nitrogens with zero attached hydrogens (tertiary/aromatic N) is 4. The predicted molar refractivity (Wildman–Crippen MR) is 606 cm³/mol. The van der Waals surface area contributed by atoms with Crippen LogP contribution in [0.2, 0.25) is 0 Å². The lowest BCUT2D eigenvalue weighted by molar-refractivity contribution is 0.410. The third-order valence-electron chi connectivity index (χ3n) is 25.9. The zero-order chi connectivity index (χ0) is 108. The molecule has 0 aliphatic carbocycles. The van der Waals surface area contributed by atoms with Gasteiger partial charge in [0.2, 0.25) is 0 Å². The highest BCUT2D eigenvalue weighted by molar-refractivity contribution is 7.00. The Morgan fingerprint density at radius 2 is 0.471 bits per heavy atom. The van der Waals surface area contributed by atoms with Gasteiger partial charge >= 0.3 is 0 Å². The van der Waals surface area contributed by atoms with E-state index in [0.29, 0.717) is 27.8 Å². The Morgan fingerprint density at radius 3 is 0.732 bits per heavy atom. The maximum atomic E-state index is 11.4. The highest BCUT2D eigenvalue weighted by atomic mass is 15.2. The van der Waals surface area contributed by atoms with Crippen LogP contribution in [0.5, 0.6) is 0 Å². The average molecular weight is 1840 g/mol. The van der Waals surface area contributed by atoms with Gasteiger partial charge in [-0.2, -0.15) is 0 Å². The van der Waals surface area contributed by atoms with E-state index in [9.17, 15) is 13.7 Å². The summed E-state index contributed by atoms with van der Waals surface area (Å²) >= 11 is 0. The molecular formula is C133H161BN4. The summed E-state index contributed by atoms with van der Waals surface area (Å²) in [5, 5.41) is 3.17. The van der Waals surface area contributed by atoms with Gasteiger partial charge in [-0.05, 0) is 350 Å². The van der Waals surface area contributed by atoms with Crippen LogP contribution in [0.3, 0.4) is 0 Å². The number of hydrogen-bond donors (Lipinski definition) is 0. The molecular weight excluding hydrogens is 1660 g/mol. The quantitative estimate of drug-likeness (QED) is 0.0750. The molecule has 0 saturated carbocycles. The summed E-state index contributed by atoms with van der Waals surface area (Å²) in [6, 6.07) is 89.6. The van der Waals surface area contributed by atoms with Crippen molar-refractivity contribution in [2.45, 2.75) is 299 Å². The first-order chi connectivity index (χ1) is 68.0. The van der Waals surface area contributed by atoms with Crippen LogP contribution >= 0.6 is 0 Å². The number of rotatable bonds is 19. The van der Waals surface area contributed by atoms with Crippen molar-refractivity contribution >= 4 is 101 Å². The molecule has 2 aliphatic rings. The van der Waals surface area contributed by atoms with Gasteiger partial charge in [-0.3, -0.25) is 0 Å². The van der Waals surface area contributed by atoms with Crippen molar-refractivity contribution in [2.24, 2.45) is 59.6 Å². The van der Waals surface area contributed by atoms with Gasteiger partial charge in [0.05, 0.1) is 33.4 Å². The van der Waals surface area contributed by atoms with E-state index in [1.807, 2.05) is 152 Å². The first-order valence-electron chi connectivity index (χ1n) is 56.0. The van der Waals surface area contributed by atoms with E-state index in [-0.39, 0.29) is 32.5 Å². The lowest BCUT2D eigenvalue weighted by Gasteiger charge is -2.46. The van der Waals surface area contributed by atoms with Gasteiger partial charge in [-0.25, -0.2) is 0 Å². The Bertz CT molecular complexity index is 7120. The maximum Gasteiger partial charge on any atom is 0.252 e. The summed E-state index contributed by atoms with van der Waals surface area (Å²) < 4.78 is 107. The molecule has 13 aromatic carbocycles. The molecule has 0 fully saturated rings. The minimum Gasteiger partial charge on any atom is -0.311 e. The second kappa shape index (κ2) is 35.7. The van der Waals surface area contributed by atoms with Gasteiger partial charge in [0.15, 0.2) is 0 Å². The van der Waals surface area contributed by atoms with Crippen molar-refractivity contribution in [3.63, 3.8) is 0 Å². The number of anilines is 6. The Kier molecular flexibility index (Phi) is 22.3. The summed E-state index contributed by atoms with van der Waals surface area (Å²) in [7, 11) is 0. The van der Waals surface area contributed by atoms with E-state index in [2.05, 4.69) is 338 Å². The minimum atomic E-state index is -2.06. The molecule has 5 heteroatoms. The van der Waals surface area contributed by atoms with Gasteiger partial charge < -0.3 is 18.9 Å².